The highest BCUT2D eigenvalue weighted by atomic mass is 16.5. The maximum absolute atomic E-state index is 5.95. The van der Waals surface area contributed by atoms with Crippen molar-refractivity contribution in [2.75, 3.05) is 25.2 Å². The highest BCUT2D eigenvalue weighted by Crippen LogP contribution is 2.36. The molecule has 0 amide bonds. The number of hydrogen-bond acceptors (Lipinski definition) is 5. The van der Waals surface area contributed by atoms with E-state index in [9.17, 15) is 0 Å². The number of hydrogen-bond donors (Lipinski definition) is 0. The third-order valence-electron chi connectivity index (χ3n) is 4.69. The van der Waals surface area contributed by atoms with Gasteiger partial charge in [-0.2, -0.15) is 0 Å². The fourth-order valence-corrected chi connectivity index (χ4v) is 3.29. The molecule has 0 saturated carbocycles. The van der Waals surface area contributed by atoms with Gasteiger partial charge in [-0.1, -0.05) is 41.6 Å². The molecular formula is C20H22N4O2. The second kappa shape index (κ2) is 7.17. The van der Waals surface area contributed by atoms with Crippen LogP contribution in [-0.2, 0) is 11.3 Å². The Morgan fingerprint density at radius 3 is 2.81 bits per heavy atom. The van der Waals surface area contributed by atoms with E-state index >= 15 is 0 Å². The normalized spacial score (nSPS) is 16.8. The van der Waals surface area contributed by atoms with E-state index in [0.717, 1.165) is 23.7 Å². The summed E-state index contributed by atoms with van der Waals surface area (Å²) in [7, 11) is 1.68. The van der Waals surface area contributed by atoms with Gasteiger partial charge in [-0.3, -0.25) is 0 Å². The summed E-state index contributed by atoms with van der Waals surface area (Å²) in [6, 6.07) is 16.3. The van der Waals surface area contributed by atoms with Crippen LogP contribution in [0.25, 0.3) is 0 Å². The first kappa shape index (κ1) is 16.6. The van der Waals surface area contributed by atoms with E-state index in [4.69, 9.17) is 9.47 Å². The zero-order valence-corrected chi connectivity index (χ0v) is 15.0. The molecule has 0 N–H and O–H groups in total. The van der Waals surface area contributed by atoms with Gasteiger partial charge < -0.3 is 14.4 Å². The standard InChI is InChI=1S/C20H22N4O2/c1-15-7-3-4-8-16(15)13-23-14-17(21-22-23)20-24(11-12-26-20)18-9-5-6-10-19(18)25-2/h3-10,14,20H,11-13H2,1-2H3/t20-/m0/s1. The number of aryl methyl sites for hydroxylation is 1. The summed E-state index contributed by atoms with van der Waals surface area (Å²) in [6.07, 6.45) is 1.71. The molecule has 1 aromatic heterocycles. The Kier molecular flexibility index (Phi) is 4.58. The van der Waals surface area contributed by atoms with Gasteiger partial charge in [0, 0.05) is 6.54 Å². The number of rotatable bonds is 5. The smallest absolute Gasteiger partial charge is 0.177 e. The number of methoxy groups -OCH3 is 1. The zero-order chi connectivity index (χ0) is 17.9. The van der Waals surface area contributed by atoms with Gasteiger partial charge in [-0.15, -0.1) is 5.10 Å². The molecule has 1 saturated heterocycles. The Labute approximate surface area is 153 Å². The number of aromatic nitrogens is 3. The van der Waals surface area contributed by atoms with Crippen molar-refractivity contribution < 1.29 is 9.47 Å². The van der Waals surface area contributed by atoms with Crippen LogP contribution in [0, 0.1) is 6.92 Å². The Balaban J connectivity index is 1.57. The molecule has 0 unspecified atom stereocenters. The average Bonchev–Trinajstić information content (AvgIpc) is 3.32. The van der Waals surface area contributed by atoms with E-state index < -0.39 is 0 Å². The van der Waals surface area contributed by atoms with Crippen molar-refractivity contribution >= 4 is 5.69 Å². The van der Waals surface area contributed by atoms with Gasteiger partial charge in [0.2, 0.25) is 0 Å². The monoisotopic (exact) mass is 350 g/mol. The van der Waals surface area contributed by atoms with Crippen molar-refractivity contribution in [1.82, 2.24) is 15.0 Å². The Morgan fingerprint density at radius 2 is 1.96 bits per heavy atom. The molecule has 6 heteroatoms. The van der Waals surface area contributed by atoms with Crippen molar-refractivity contribution in [3.8, 4) is 5.75 Å². The number of nitrogens with zero attached hydrogens (tertiary/aromatic N) is 4. The minimum atomic E-state index is -0.253. The van der Waals surface area contributed by atoms with Gasteiger partial charge in [-0.25, -0.2) is 4.68 Å². The molecule has 6 nitrogen and oxygen atoms in total. The molecule has 2 heterocycles. The summed E-state index contributed by atoms with van der Waals surface area (Å²) in [4.78, 5) is 2.17. The van der Waals surface area contributed by atoms with Gasteiger partial charge in [0.05, 0.1) is 32.1 Å². The van der Waals surface area contributed by atoms with Crippen LogP contribution in [0.5, 0.6) is 5.75 Å². The lowest BCUT2D eigenvalue weighted by Gasteiger charge is -2.25. The lowest BCUT2D eigenvalue weighted by Crippen LogP contribution is -2.24. The summed E-state index contributed by atoms with van der Waals surface area (Å²) in [5, 5.41) is 8.66. The largest absolute Gasteiger partial charge is 0.495 e. The second-order valence-electron chi connectivity index (χ2n) is 6.36. The minimum Gasteiger partial charge on any atom is -0.495 e. The van der Waals surface area contributed by atoms with Crippen LogP contribution < -0.4 is 9.64 Å². The van der Waals surface area contributed by atoms with Gasteiger partial charge >= 0.3 is 0 Å². The molecule has 2 aromatic carbocycles. The summed E-state index contributed by atoms with van der Waals surface area (Å²) in [5.74, 6) is 0.829. The van der Waals surface area contributed by atoms with Crippen LogP contribution in [0.3, 0.4) is 0 Å². The van der Waals surface area contributed by atoms with Crippen LogP contribution in [0.2, 0.25) is 0 Å². The Morgan fingerprint density at radius 1 is 1.15 bits per heavy atom. The lowest BCUT2D eigenvalue weighted by molar-refractivity contribution is 0.110. The quantitative estimate of drug-likeness (QED) is 0.707. The van der Waals surface area contributed by atoms with Crippen molar-refractivity contribution in [1.29, 1.82) is 0 Å². The van der Waals surface area contributed by atoms with E-state index in [-0.39, 0.29) is 6.23 Å². The molecule has 1 fully saturated rings. The predicted molar refractivity (Wildman–Crippen MR) is 99.3 cm³/mol. The van der Waals surface area contributed by atoms with Gasteiger partial charge in [0.1, 0.15) is 11.4 Å². The fraction of sp³-hybridized carbons (Fsp3) is 0.300. The molecule has 134 valence electrons. The highest BCUT2D eigenvalue weighted by Gasteiger charge is 2.31. The zero-order valence-electron chi connectivity index (χ0n) is 15.0. The molecule has 0 spiro atoms. The van der Waals surface area contributed by atoms with E-state index in [1.165, 1.54) is 11.1 Å². The summed E-state index contributed by atoms with van der Waals surface area (Å²) in [5.41, 5.74) is 4.29. The molecule has 26 heavy (non-hydrogen) atoms. The van der Waals surface area contributed by atoms with Gasteiger partial charge in [0.15, 0.2) is 6.23 Å². The molecule has 1 aliphatic heterocycles. The highest BCUT2D eigenvalue weighted by molar-refractivity contribution is 5.59. The maximum atomic E-state index is 5.95. The number of ether oxygens (including phenoxy) is 2. The summed E-state index contributed by atoms with van der Waals surface area (Å²) >= 11 is 0. The van der Waals surface area contributed by atoms with Crippen molar-refractivity contribution in [2.24, 2.45) is 0 Å². The topological polar surface area (TPSA) is 52.4 Å². The number of benzene rings is 2. The van der Waals surface area contributed by atoms with Crippen molar-refractivity contribution in [3.05, 3.63) is 71.5 Å². The second-order valence-corrected chi connectivity index (χ2v) is 6.36. The van der Waals surface area contributed by atoms with E-state index in [0.29, 0.717) is 13.2 Å². The number of para-hydroxylation sites is 2. The van der Waals surface area contributed by atoms with Crippen LogP contribution in [-0.4, -0.2) is 35.3 Å². The Hall–Kier alpha value is -2.86. The Bertz CT molecular complexity index is 893. The first-order chi connectivity index (χ1) is 12.8. The molecular weight excluding hydrogens is 328 g/mol. The van der Waals surface area contributed by atoms with E-state index in [2.05, 4.69) is 34.3 Å². The molecule has 1 aliphatic rings. The minimum absolute atomic E-state index is 0.253. The summed E-state index contributed by atoms with van der Waals surface area (Å²) < 4.78 is 13.3. The maximum Gasteiger partial charge on any atom is 0.177 e. The van der Waals surface area contributed by atoms with Crippen LogP contribution in [0.15, 0.2) is 54.7 Å². The first-order valence-electron chi connectivity index (χ1n) is 8.72. The van der Waals surface area contributed by atoms with Crippen molar-refractivity contribution in [3.63, 3.8) is 0 Å². The SMILES string of the molecule is COc1ccccc1N1CCO[C@H]1c1cn(Cc2ccccc2C)nn1. The van der Waals surface area contributed by atoms with Crippen LogP contribution in [0.4, 0.5) is 5.69 Å². The van der Waals surface area contributed by atoms with Gasteiger partial charge in [-0.05, 0) is 30.2 Å². The lowest BCUT2D eigenvalue weighted by atomic mass is 10.1. The molecule has 0 bridgehead atoms. The third-order valence-corrected chi connectivity index (χ3v) is 4.69. The first-order valence-corrected chi connectivity index (χ1v) is 8.72. The average molecular weight is 350 g/mol. The molecule has 0 radical (unpaired) electrons. The predicted octanol–water partition coefficient (Wildman–Crippen LogP) is 3.18. The van der Waals surface area contributed by atoms with Crippen LogP contribution >= 0.6 is 0 Å². The van der Waals surface area contributed by atoms with Crippen LogP contribution in [0.1, 0.15) is 23.0 Å². The fourth-order valence-electron chi connectivity index (χ4n) is 3.29. The summed E-state index contributed by atoms with van der Waals surface area (Å²) in [6.45, 7) is 4.24. The third kappa shape index (κ3) is 3.15. The van der Waals surface area contributed by atoms with E-state index in [1.54, 1.807) is 7.11 Å². The number of anilines is 1. The van der Waals surface area contributed by atoms with Crippen molar-refractivity contribution in [2.45, 2.75) is 19.7 Å². The van der Waals surface area contributed by atoms with Gasteiger partial charge in [0.25, 0.3) is 0 Å². The molecule has 3 aromatic rings. The van der Waals surface area contributed by atoms with E-state index in [1.807, 2.05) is 47.3 Å². The molecule has 1 atom stereocenters. The molecule has 4 rings (SSSR count). The molecule has 0 aliphatic carbocycles.